The van der Waals surface area contributed by atoms with Crippen molar-refractivity contribution in [1.82, 2.24) is 10.2 Å². The molecular formula is C21H23N3O3. The molecule has 1 amide bonds. The van der Waals surface area contributed by atoms with Crippen molar-refractivity contribution in [2.45, 2.75) is 33.1 Å². The summed E-state index contributed by atoms with van der Waals surface area (Å²) in [6.07, 6.45) is 3.33. The molecule has 3 aromatic rings. The summed E-state index contributed by atoms with van der Waals surface area (Å²) in [5, 5.41) is 10.5. The number of amides is 1. The van der Waals surface area contributed by atoms with E-state index in [9.17, 15) is 4.79 Å². The van der Waals surface area contributed by atoms with E-state index in [0.717, 1.165) is 36.1 Å². The number of hydrogen-bond donors (Lipinski definition) is 1. The molecule has 0 radical (unpaired) electrons. The second kappa shape index (κ2) is 8.98. The Balaban J connectivity index is 1.59. The van der Waals surface area contributed by atoms with Gasteiger partial charge in [0.25, 0.3) is 5.91 Å². The molecule has 0 bridgehead atoms. The Kier molecular flexibility index (Phi) is 6.20. The number of hydrogen-bond acceptors (Lipinski definition) is 5. The van der Waals surface area contributed by atoms with Crippen molar-refractivity contribution in [3.8, 4) is 17.2 Å². The van der Waals surface area contributed by atoms with Crippen molar-refractivity contribution in [3.63, 3.8) is 0 Å². The molecule has 6 heteroatoms. The Hall–Kier alpha value is -3.15. The lowest BCUT2D eigenvalue weighted by Gasteiger charge is -2.06. The fraction of sp³-hybridized carbons (Fsp3) is 0.286. The largest absolute Gasteiger partial charge is 0.494 e. The van der Waals surface area contributed by atoms with Crippen LogP contribution in [0.1, 0.15) is 42.1 Å². The van der Waals surface area contributed by atoms with Gasteiger partial charge in [0.15, 0.2) is 0 Å². The molecule has 0 aliphatic heterocycles. The Morgan fingerprint density at radius 1 is 1.11 bits per heavy atom. The van der Waals surface area contributed by atoms with Crippen LogP contribution in [0.4, 0.5) is 6.01 Å². The maximum atomic E-state index is 12.3. The zero-order valence-electron chi connectivity index (χ0n) is 15.6. The van der Waals surface area contributed by atoms with E-state index in [1.54, 1.807) is 24.3 Å². The van der Waals surface area contributed by atoms with Crippen molar-refractivity contribution >= 4 is 11.9 Å². The number of unbranched alkanes of at least 4 members (excludes halogenated alkanes) is 2. The first-order valence-corrected chi connectivity index (χ1v) is 9.10. The number of nitrogens with one attached hydrogen (secondary N) is 1. The van der Waals surface area contributed by atoms with E-state index < -0.39 is 0 Å². The molecule has 2 aromatic carbocycles. The van der Waals surface area contributed by atoms with Gasteiger partial charge in [0, 0.05) is 11.1 Å². The molecule has 0 fully saturated rings. The summed E-state index contributed by atoms with van der Waals surface area (Å²) in [5.74, 6) is 0.805. The van der Waals surface area contributed by atoms with Crippen LogP contribution in [0.2, 0.25) is 0 Å². The third kappa shape index (κ3) is 5.17. The lowest BCUT2D eigenvalue weighted by Crippen LogP contribution is -2.12. The van der Waals surface area contributed by atoms with Crippen LogP contribution in [0.25, 0.3) is 11.5 Å². The number of carbonyl (C=O) groups excluding carboxylic acids is 1. The third-order valence-corrected chi connectivity index (χ3v) is 4.04. The summed E-state index contributed by atoms with van der Waals surface area (Å²) in [6.45, 7) is 4.82. The first-order chi connectivity index (χ1) is 13.2. The number of carbonyl (C=O) groups is 1. The zero-order valence-corrected chi connectivity index (χ0v) is 15.6. The first kappa shape index (κ1) is 18.6. The monoisotopic (exact) mass is 365 g/mol. The normalized spacial score (nSPS) is 10.6. The van der Waals surface area contributed by atoms with Gasteiger partial charge in [-0.3, -0.25) is 10.1 Å². The minimum absolute atomic E-state index is 0.0661. The minimum Gasteiger partial charge on any atom is -0.494 e. The number of nitrogens with zero attached hydrogens (tertiary/aromatic N) is 2. The highest BCUT2D eigenvalue weighted by Crippen LogP contribution is 2.21. The molecular weight excluding hydrogens is 342 g/mol. The van der Waals surface area contributed by atoms with Gasteiger partial charge in [-0.15, -0.1) is 5.10 Å². The summed E-state index contributed by atoms with van der Waals surface area (Å²) in [4.78, 5) is 12.3. The molecule has 27 heavy (non-hydrogen) atoms. The van der Waals surface area contributed by atoms with Gasteiger partial charge in [-0.2, -0.15) is 0 Å². The number of rotatable bonds is 8. The van der Waals surface area contributed by atoms with Gasteiger partial charge >= 0.3 is 6.01 Å². The lowest BCUT2D eigenvalue weighted by atomic mass is 10.1. The molecule has 0 saturated heterocycles. The van der Waals surface area contributed by atoms with Crippen molar-refractivity contribution < 1.29 is 13.9 Å². The van der Waals surface area contributed by atoms with Gasteiger partial charge < -0.3 is 9.15 Å². The number of aryl methyl sites for hydroxylation is 1. The molecule has 0 aliphatic carbocycles. The highest BCUT2D eigenvalue weighted by Gasteiger charge is 2.13. The second-order valence-corrected chi connectivity index (χ2v) is 6.32. The molecule has 0 atom stereocenters. The summed E-state index contributed by atoms with van der Waals surface area (Å²) < 4.78 is 11.2. The van der Waals surface area contributed by atoms with Crippen LogP contribution in [0.3, 0.4) is 0 Å². The molecule has 1 N–H and O–H groups in total. The standard InChI is InChI=1S/C21H23N3O3/c1-3-4-5-13-26-18-11-9-16(10-12-18)19(25)22-21-24-23-20(27-21)17-8-6-7-15(2)14-17/h6-12,14H,3-5,13H2,1-2H3,(H,22,24,25). The van der Waals surface area contributed by atoms with Crippen LogP contribution >= 0.6 is 0 Å². The van der Waals surface area contributed by atoms with Gasteiger partial charge in [-0.1, -0.05) is 42.6 Å². The van der Waals surface area contributed by atoms with Gasteiger partial charge in [-0.05, 0) is 49.7 Å². The van der Waals surface area contributed by atoms with Gasteiger partial charge in [0.2, 0.25) is 5.89 Å². The number of ether oxygens (including phenoxy) is 1. The van der Waals surface area contributed by atoms with E-state index in [2.05, 4.69) is 22.4 Å². The minimum atomic E-state index is -0.313. The van der Waals surface area contributed by atoms with E-state index in [1.165, 1.54) is 0 Å². The molecule has 0 unspecified atom stereocenters. The van der Waals surface area contributed by atoms with E-state index in [0.29, 0.717) is 18.1 Å². The molecule has 0 aliphatic rings. The van der Waals surface area contributed by atoms with E-state index >= 15 is 0 Å². The number of benzene rings is 2. The van der Waals surface area contributed by atoms with Crippen LogP contribution in [0.15, 0.2) is 52.9 Å². The highest BCUT2D eigenvalue weighted by atomic mass is 16.5. The quantitative estimate of drug-likeness (QED) is 0.577. The highest BCUT2D eigenvalue weighted by molar-refractivity contribution is 6.03. The number of anilines is 1. The Morgan fingerprint density at radius 2 is 1.93 bits per heavy atom. The lowest BCUT2D eigenvalue weighted by molar-refractivity contribution is 0.102. The second-order valence-electron chi connectivity index (χ2n) is 6.32. The van der Waals surface area contributed by atoms with Crippen LogP contribution in [0, 0.1) is 6.92 Å². The van der Waals surface area contributed by atoms with Crippen molar-refractivity contribution in [1.29, 1.82) is 0 Å². The van der Waals surface area contributed by atoms with E-state index in [4.69, 9.17) is 9.15 Å². The summed E-state index contributed by atoms with van der Waals surface area (Å²) in [7, 11) is 0. The Morgan fingerprint density at radius 3 is 2.67 bits per heavy atom. The predicted molar refractivity (Wildman–Crippen MR) is 104 cm³/mol. The predicted octanol–water partition coefficient (Wildman–Crippen LogP) is 4.87. The van der Waals surface area contributed by atoms with Crippen LogP contribution < -0.4 is 10.1 Å². The van der Waals surface area contributed by atoms with Crippen molar-refractivity contribution in [3.05, 3.63) is 59.7 Å². The molecule has 140 valence electrons. The van der Waals surface area contributed by atoms with Crippen LogP contribution in [0.5, 0.6) is 5.75 Å². The molecule has 0 saturated carbocycles. The zero-order chi connectivity index (χ0) is 19.1. The maximum absolute atomic E-state index is 12.3. The molecule has 3 rings (SSSR count). The van der Waals surface area contributed by atoms with Crippen LogP contribution in [-0.4, -0.2) is 22.7 Å². The van der Waals surface area contributed by atoms with E-state index in [-0.39, 0.29) is 11.9 Å². The average molecular weight is 365 g/mol. The Bertz CT molecular complexity index is 888. The Labute approximate surface area is 158 Å². The summed E-state index contributed by atoms with van der Waals surface area (Å²) in [6, 6.07) is 14.8. The van der Waals surface area contributed by atoms with Crippen molar-refractivity contribution in [2.75, 3.05) is 11.9 Å². The van der Waals surface area contributed by atoms with Gasteiger partial charge in [-0.25, -0.2) is 0 Å². The molecule has 6 nitrogen and oxygen atoms in total. The summed E-state index contributed by atoms with van der Waals surface area (Å²) >= 11 is 0. The fourth-order valence-electron chi connectivity index (χ4n) is 2.58. The van der Waals surface area contributed by atoms with Gasteiger partial charge in [0.1, 0.15) is 5.75 Å². The fourth-order valence-corrected chi connectivity index (χ4v) is 2.58. The molecule has 1 aromatic heterocycles. The van der Waals surface area contributed by atoms with E-state index in [1.807, 2.05) is 31.2 Å². The number of aromatic nitrogens is 2. The molecule has 1 heterocycles. The smallest absolute Gasteiger partial charge is 0.322 e. The van der Waals surface area contributed by atoms with Crippen molar-refractivity contribution in [2.24, 2.45) is 0 Å². The van der Waals surface area contributed by atoms with Gasteiger partial charge in [0.05, 0.1) is 6.61 Å². The first-order valence-electron chi connectivity index (χ1n) is 9.10. The van der Waals surface area contributed by atoms with Crippen LogP contribution in [-0.2, 0) is 0 Å². The topological polar surface area (TPSA) is 77.2 Å². The maximum Gasteiger partial charge on any atom is 0.322 e. The average Bonchev–Trinajstić information content (AvgIpc) is 3.14. The summed E-state index contributed by atoms with van der Waals surface area (Å²) in [5.41, 5.74) is 2.40. The molecule has 0 spiro atoms. The SMILES string of the molecule is CCCCCOc1ccc(C(=O)Nc2nnc(-c3cccc(C)c3)o2)cc1. The third-order valence-electron chi connectivity index (χ3n) is 4.04.